The number of nitrogens with zero attached hydrogens (tertiary/aromatic N) is 4. The van der Waals surface area contributed by atoms with Crippen molar-refractivity contribution in [2.45, 2.75) is 13.0 Å². The Hall–Kier alpha value is -3.65. The van der Waals surface area contributed by atoms with Crippen LogP contribution in [0.2, 0.25) is 5.02 Å². The molecule has 0 aliphatic carbocycles. The number of imidazole rings is 1. The summed E-state index contributed by atoms with van der Waals surface area (Å²) >= 11 is 6.39. The second-order valence-corrected chi connectivity index (χ2v) is 7.76. The molecule has 0 aliphatic heterocycles. The summed E-state index contributed by atoms with van der Waals surface area (Å²) in [6.45, 7) is 1.98. The van der Waals surface area contributed by atoms with Crippen LogP contribution in [-0.4, -0.2) is 32.3 Å². The van der Waals surface area contributed by atoms with Crippen LogP contribution in [0, 0.1) is 0 Å². The number of hydrogen-bond donors (Lipinski definition) is 2. The molecule has 2 N–H and O–H groups in total. The van der Waals surface area contributed by atoms with E-state index in [1.54, 1.807) is 10.6 Å². The van der Waals surface area contributed by atoms with Crippen LogP contribution >= 0.6 is 11.6 Å². The molecule has 1 atom stereocenters. The largest absolute Gasteiger partial charge is 0.360 e. The predicted molar refractivity (Wildman–Crippen MR) is 126 cm³/mol. The maximum absolute atomic E-state index is 13.6. The molecule has 0 unspecified atom stereocenters. The van der Waals surface area contributed by atoms with Gasteiger partial charge in [-0.15, -0.1) is 0 Å². The molecule has 0 saturated carbocycles. The highest BCUT2D eigenvalue weighted by Gasteiger charge is 2.19. The van der Waals surface area contributed by atoms with Gasteiger partial charge in [-0.3, -0.25) is 9.36 Å². The van der Waals surface area contributed by atoms with E-state index in [4.69, 9.17) is 11.6 Å². The van der Waals surface area contributed by atoms with Gasteiger partial charge in [-0.2, -0.15) is 0 Å². The number of hydrogen-bond acceptors (Lipinski definition) is 5. The molecule has 0 spiro atoms. The standard InChI is InChI=1S/C22H18BClN6O/c1-12(27-19-18-20(26-11-25-19)29-22(23)28-18)16-10-13-6-5-9-15(24)17(13)21(31)30(16)14-7-3-2-4-8-14/h2-12H,23H2,1H3,(H2,25,26,27,28,29)/t12-/m0/s1. The van der Waals surface area contributed by atoms with Gasteiger partial charge in [0.15, 0.2) is 19.3 Å². The molecule has 0 bridgehead atoms. The van der Waals surface area contributed by atoms with E-state index < -0.39 is 0 Å². The summed E-state index contributed by atoms with van der Waals surface area (Å²) in [5.41, 5.74) is 3.46. The third kappa shape index (κ3) is 3.35. The molecule has 5 aromatic rings. The highest BCUT2D eigenvalue weighted by molar-refractivity contribution is 6.35. The molecule has 0 aliphatic rings. The number of anilines is 1. The van der Waals surface area contributed by atoms with Crippen molar-refractivity contribution >= 4 is 52.9 Å². The average Bonchev–Trinajstić information content (AvgIpc) is 3.15. The Balaban J connectivity index is 1.70. The van der Waals surface area contributed by atoms with Crippen molar-refractivity contribution in [3.05, 3.63) is 82.0 Å². The lowest BCUT2D eigenvalue weighted by molar-refractivity contribution is 0.774. The van der Waals surface area contributed by atoms with Crippen molar-refractivity contribution in [1.29, 1.82) is 0 Å². The quantitative estimate of drug-likeness (QED) is 0.430. The number of H-pyrrole nitrogens is 1. The van der Waals surface area contributed by atoms with Gasteiger partial charge in [-0.1, -0.05) is 41.9 Å². The van der Waals surface area contributed by atoms with E-state index in [-0.39, 0.29) is 11.6 Å². The average molecular weight is 429 g/mol. The number of fused-ring (bicyclic) bond motifs is 2. The first-order valence-corrected chi connectivity index (χ1v) is 10.2. The third-order valence-corrected chi connectivity index (χ3v) is 5.55. The zero-order valence-electron chi connectivity index (χ0n) is 16.9. The van der Waals surface area contributed by atoms with Crippen LogP contribution in [0.15, 0.2) is 65.7 Å². The van der Waals surface area contributed by atoms with E-state index in [2.05, 4.69) is 25.3 Å². The zero-order chi connectivity index (χ0) is 21.5. The smallest absolute Gasteiger partial charge is 0.264 e. The highest BCUT2D eigenvalue weighted by Crippen LogP contribution is 2.27. The molecule has 9 heteroatoms. The van der Waals surface area contributed by atoms with E-state index in [1.807, 2.05) is 63.3 Å². The van der Waals surface area contributed by atoms with Gasteiger partial charge in [0.25, 0.3) is 5.56 Å². The van der Waals surface area contributed by atoms with E-state index in [0.717, 1.165) is 22.5 Å². The Labute approximate surface area is 183 Å². The van der Waals surface area contributed by atoms with Crippen molar-refractivity contribution < 1.29 is 0 Å². The first-order chi connectivity index (χ1) is 15.0. The fraction of sp³-hybridized carbons (Fsp3) is 0.0909. The minimum absolute atomic E-state index is 0.165. The Bertz CT molecular complexity index is 1480. The number of aromatic nitrogens is 5. The van der Waals surface area contributed by atoms with Crippen LogP contribution in [0.3, 0.4) is 0 Å². The van der Waals surface area contributed by atoms with Crippen LogP contribution in [0.5, 0.6) is 0 Å². The second-order valence-electron chi connectivity index (χ2n) is 7.36. The maximum Gasteiger partial charge on any atom is 0.264 e. The Kier molecular flexibility index (Phi) is 4.71. The number of para-hydroxylation sites is 1. The van der Waals surface area contributed by atoms with Crippen LogP contribution in [0.4, 0.5) is 5.82 Å². The maximum atomic E-state index is 13.6. The molecule has 3 heterocycles. The molecule has 0 saturated heterocycles. The summed E-state index contributed by atoms with van der Waals surface area (Å²) < 4.78 is 1.69. The summed E-state index contributed by atoms with van der Waals surface area (Å²) in [5, 5.41) is 5.12. The SMILES string of the molecule is Bc1nc2c(N[C@@H](C)c3cc4cccc(Cl)c4c(=O)n3-c3ccccc3)ncnc2[nH]1. The van der Waals surface area contributed by atoms with Gasteiger partial charge in [0.1, 0.15) is 11.8 Å². The van der Waals surface area contributed by atoms with Crippen molar-refractivity contribution in [1.82, 2.24) is 24.5 Å². The fourth-order valence-corrected chi connectivity index (χ4v) is 4.09. The molecule has 2 aromatic carbocycles. The van der Waals surface area contributed by atoms with Crippen LogP contribution in [0.25, 0.3) is 27.6 Å². The van der Waals surface area contributed by atoms with E-state index >= 15 is 0 Å². The van der Waals surface area contributed by atoms with Gasteiger partial charge in [0.05, 0.1) is 22.2 Å². The van der Waals surface area contributed by atoms with Gasteiger partial charge >= 0.3 is 0 Å². The lowest BCUT2D eigenvalue weighted by Gasteiger charge is -2.21. The van der Waals surface area contributed by atoms with E-state index in [9.17, 15) is 4.79 Å². The molecule has 152 valence electrons. The molecule has 3 aromatic heterocycles. The topological polar surface area (TPSA) is 88.5 Å². The zero-order valence-corrected chi connectivity index (χ0v) is 17.7. The van der Waals surface area contributed by atoms with Crippen LogP contribution < -0.4 is 16.6 Å². The highest BCUT2D eigenvalue weighted by atomic mass is 35.5. The summed E-state index contributed by atoms with van der Waals surface area (Å²) in [4.78, 5) is 29.8. The van der Waals surface area contributed by atoms with Crippen LogP contribution in [-0.2, 0) is 0 Å². The number of nitrogens with one attached hydrogen (secondary N) is 2. The first-order valence-electron chi connectivity index (χ1n) is 9.86. The normalized spacial score (nSPS) is 12.3. The summed E-state index contributed by atoms with van der Waals surface area (Å²) in [5.74, 6) is 0.597. The predicted octanol–water partition coefficient (Wildman–Crippen LogP) is 2.74. The third-order valence-electron chi connectivity index (χ3n) is 5.24. The Morgan fingerprint density at radius 1 is 1.13 bits per heavy atom. The number of aromatic amines is 1. The number of pyridine rings is 1. The molecular formula is C22H18BClN6O. The lowest BCUT2D eigenvalue weighted by atomic mass is 10.1. The van der Waals surface area contributed by atoms with Gasteiger partial charge in [-0.25, -0.2) is 15.0 Å². The Morgan fingerprint density at radius 2 is 1.94 bits per heavy atom. The Morgan fingerprint density at radius 3 is 2.74 bits per heavy atom. The first kappa shape index (κ1) is 19.3. The summed E-state index contributed by atoms with van der Waals surface area (Å²) in [6, 6.07) is 16.7. The molecule has 0 fully saturated rings. The number of benzene rings is 2. The fourth-order valence-electron chi connectivity index (χ4n) is 3.83. The van der Waals surface area contributed by atoms with E-state index in [1.165, 1.54) is 6.33 Å². The molecule has 31 heavy (non-hydrogen) atoms. The van der Waals surface area contributed by atoms with Crippen LogP contribution in [0.1, 0.15) is 18.7 Å². The van der Waals surface area contributed by atoms with E-state index in [0.29, 0.717) is 27.4 Å². The molecule has 5 rings (SSSR count). The number of halogens is 1. The lowest BCUT2D eigenvalue weighted by Crippen LogP contribution is -2.25. The minimum atomic E-state index is -0.258. The van der Waals surface area contributed by atoms with Crippen molar-refractivity contribution in [2.75, 3.05) is 5.32 Å². The van der Waals surface area contributed by atoms with Crippen molar-refractivity contribution in [2.24, 2.45) is 0 Å². The minimum Gasteiger partial charge on any atom is -0.360 e. The van der Waals surface area contributed by atoms with Crippen molar-refractivity contribution in [3.8, 4) is 5.69 Å². The molecule has 0 radical (unpaired) electrons. The van der Waals surface area contributed by atoms with Gasteiger partial charge in [-0.05, 0) is 36.6 Å². The van der Waals surface area contributed by atoms with Gasteiger partial charge < -0.3 is 10.3 Å². The van der Waals surface area contributed by atoms with Crippen molar-refractivity contribution in [3.63, 3.8) is 0 Å². The van der Waals surface area contributed by atoms with Gasteiger partial charge in [0, 0.05) is 11.4 Å². The summed E-state index contributed by atoms with van der Waals surface area (Å²) in [6.07, 6.45) is 1.49. The monoisotopic (exact) mass is 428 g/mol. The van der Waals surface area contributed by atoms with Gasteiger partial charge in [0.2, 0.25) is 0 Å². The molecule has 0 amide bonds. The summed E-state index contributed by atoms with van der Waals surface area (Å²) in [7, 11) is 1.87. The second kappa shape index (κ2) is 7.56. The number of rotatable bonds is 4. The molecular weight excluding hydrogens is 411 g/mol. The molecule has 7 nitrogen and oxygen atoms in total.